The molecule has 3 rings (SSSR count). The van der Waals surface area contributed by atoms with Gasteiger partial charge in [0.1, 0.15) is 5.65 Å². The van der Waals surface area contributed by atoms with Gasteiger partial charge in [0.2, 0.25) is 0 Å². The monoisotopic (exact) mass is 231 g/mol. The molecule has 1 aliphatic rings. The van der Waals surface area contributed by atoms with Gasteiger partial charge in [0.25, 0.3) is 5.56 Å². The lowest BCUT2D eigenvalue weighted by molar-refractivity contribution is 0.211. The van der Waals surface area contributed by atoms with Gasteiger partial charge in [0, 0.05) is 19.7 Å². The van der Waals surface area contributed by atoms with Gasteiger partial charge in [0.15, 0.2) is 0 Å². The molecule has 1 aliphatic carbocycles. The molecule has 0 spiro atoms. The SMILES string of the molecule is Cn1cnc2c(ccn2[C@H]2C=C[C@@H](O)C2)c1=O. The molecule has 2 heterocycles. The maximum Gasteiger partial charge on any atom is 0.262 e. The van der Waals surface area contributed by atoms with E-state index in [1.54, 1.807) is 19.2 Å². The number of fused-ring (bicyclic) bond motifs is 1. The summed E-state index contributed by atoms with van der Waals surface area (Å²) in [4.78, 5) is 16.1. The minimum Gasteiger partial charge on any atom is -0.389 e. The molecule has 17 heavy (non-hydrogen) atoms. The minimum atomic E-state index is -0.399. The molecule has 2 atom stereocenters. The molecule has 0 saturated carbocycles. The lowest BCUT2D eigenvalue weighted by atomic mass is 10.2. The van der Waals surface area contributed by atoms with Gasteiger partial charge in [-0.3, -0.25) is 4.79 Å². The fraction of sp³-hybridized carbons (Fsp3) is 0.333. The van der Waals surface area contributed by atoms with E-state index in [0.717, 1.165) is 0 Å². The van der Waals surface area contributed by atoms with Crippen molar-refractivity contribution < 1.29 is 5.11 Å². The number of aryl methyl sites for hydroxylation is 1. The summed E-state index contributed by atoms with van der Waals surface area (Å²) in [5.41, 5.74) is 0.633. The molecule has 5 nitrogen and oxygen atoms in total. The Labute approximate surface area is 97.6 Å². The lowest BCUT2D eigenvalue weighted by Crippen LogP contribution is -2.17. The van der Waals surface area contributed by atoms with Crippen molar-refractivity contribution in [1.82, 2.24) is 14.1 Å². The summed E-state index contributed by atoms with van der Waals surface area (Å²) in [7, 11) is 1.69. The number of aliphatic hydroxyl groups excluding tert-OH is 1. The van der Waals surface area contributed by atoms with Crippen LogP contribution in [-0.4, -0.2) is 25.3 Å². The highest BCUT2D eigenvalue weighted by molar-refractivity contribution is 5.75. The number of nitrogens with zero attached hydrogens (tertiary/aromatic N) is 3. The smallest absolute Gasteiger partial charge is 0.262 e. The molecule has 0 bridgehead atoms. The highest BCUT2D eigenvalue weighted by atomic mass is 16.3. The third kappa shape index (κ3) is 1.51. The first-order valence-corrected chi connectivity index (χ1v) is 5.55. The topological polar surface area (TPSA) is 60.1 Å². The number of hydrogen-bond donors (Lipinski definition) is 1. The lowest BCUT2D eigenvalue weighted by Gasteiger charge is -2.12. The molecule has 0 radical (unpaired) electrons. The van der Waals surface area contributed by atoms with Crippen LogP contribution in [0.3, 0.4) is 0 Å². The summed E-state index contributed by atoms with van der Waals surface area (Å²) in [6.07, 6.45) is 7.34. The van der Waals surface area contributed by atoms with E-state index in [4.69, 9.17) is 0 Å². The predicted molar refractivity (Wildman–Crippen MR) is 63.8 cm³/mol. The van der Waals surface area contributed by atoms with Crippen LogP contribution in [0.25, 0.3) is 11.0 Å². The van der Waals surface area contributed by atoms with Crippen LogP contribution in [0.1, 0.15) is 12.5 Å². The Morgan fingerprint density at radius 1 is 1.47 bits per heavy atom. The summed E-state index contributed by atoms with van der Waals surface area (Å²) >= 11 is 0. The van der Waals surface area contributed by atoms with Crippen LogP contribution in [0.5, 0.6) is 0 Å². The van der Waals surface area contributed by atoms with E-state index < -0.39 is 6.10 Å². The van der Waals surface area contributed by atoms with Gasteiger partial charge < -0.3 is 14.2 Å². The number of allylic oxidation sites excluding steroid dienone is 1. The van der Waals surface area contributed by atoms with Crippen molar-refractivity contribution >= 4 is 11.0 Å². The van der Waals surface area contributed by atoms with E-state index >= 15 is 0 Å². The zero-order chi connectivity index (χ0) is 12.0. The van der Waals surface area contributed by atoms with Crippen LogP contribution < -0.4 is 5.56 Å². The molecule has 5 heteroatoms. The van der Waals surface area contributed by atoms with Gasteiger partial charge in [-0.2, -0.15) is 0 Å². The van der Waals surface area contributed by atoms with Gasteiger partial charge >= 0.3 is 0 Å². The standard InChI is InChI=1S/C12H13N3O2/c1-14-7-13-11-10(12(14)17)4-5-15(11)8-2-3-9(16)6-8/h2-5,7-9,16H,6H2,1H3/t8-,9+/m0/s1. The van der Waals surface area contributed by atoms with Crippen molar-refractivity contribution in [3.63, 3.8) is 0 Å². The number of aromatic nitrogens is 3. The highest BCUT2D eigenvalue weighted by Gasteiger charge is 2.20. The second kappa shape index (κ2) is 3.56. The quantitative estimate of drug-likeness (QED) is 0.731. The Hall–Kier alpha value is -1.88. The molecular formula is C12H13N3O2. The Balaban J connectivity index is 2.17. The Kier molecular flexibility index (Phi) is 2.16. The highest BCUT2D eigenvalue weighted by Crippen LogP contribution is 2.26. The van der Waals surface area contributed by atoms with E-state index in [1.165, 1.54) is 10.9 Å². The van der Waals surface area contributed by atoms with Gasteiger partial charge in [-0.05, 0) is 6.07 Å². The van der Waals surface area contributed by atoms with Gasteiger partial charge in [-0.25, -0.2) is 4.98 Å². The molecule has 0 unspecified atom stereocenters. The van der Waals surface area contributed by atoms with Crippen LogP contribution in [-0.2, 0) is 7.05 Å². The first kappa shape index (κ1) is 10.3. The first-order valence-electron chi connectivity index (χ1n) is 5.55. The van der Waals surface area contributed by atoms with E-state index in [2.05, 4.69) is 4.98 Å². The van der Waals surface area contributed by atoms with Crippen molar-refractivity contribution in [2.45, 2.75) is 18.6 Å². The number of rotatable bonds is 1. The van der Waals surface area contributed by atoms with Gasteiger partial charge in [-0.1, -0.05) is 12.2 Å². The molecule has 0 aliphatic heterocycles. The normalized spacial score (nSPS) is 23.6. The summed E-state index contributed by atoms with van der Waals surface area (Å²) in [5, 5.41) is 10.1. The Morgan fingerprint density at radius 2 is 2.29 bits per heavy atom. The number of aliphatic hydroxyl groups is 1. The van der Waals surface area contributed by atoms with Crippen LogP contribution in [0.4, 0.5) is 0 Å². The summed E-state index contributed by atoms with van der Waals surface area (Å²) in [6, 6.07) is 1.87. The number of hydrogen-bond acceptors (Lipinski definition) is 3. The molecule has 0 fully saturated rings. The first-order chi connectivity index (χ1) is 8.16. The largest absolute Gasteiger partial charge is 0.389 e. The zero-order valence-electron chi connectivity index (χ0n) is 9.45. The summed E-state index contributed by atoms with van der Waals surface area (Å²) in [5.74, 6) is 0. The molecule has 0 aromatic carbocycles. The fourth-order valence-corrected chi connectivity index (χ4v) is 2.26. The molecule has 2 aromatic rings. The molecule has 0 saturated heterocycles. The van der Waals surface area contributed by atoms with Crippen LogP contribution in [0.2, 0.25) is 0 Å². The molecule has 0 amide bonds. The zero-order valence-corrected chi connectivity index (χ0v) is 9.45. The van der Waals surface area contributed by atoms with Gasteiger partial charge in [0.05, 0.1) is 23.9 Å². The van der Waals surface area contributed by atoms with Gasteiger partial charge in [-0.15, -0.1) is 0 Å². The van der Waals surface area contributed by atoms with E-state index in [1.807, 2.05) is 16.8 Å². The molecule has 1 N–H and O–H groups in total. The second-order valence-electron chi connectivity index (χ2n) is 4.38. The maximum atomic E-state index is 11.9. The van der Waals surface area contributed by atoms with E-state index in [9.17, 15) is 9.90 Å². The summed E-state index contributed by atoms with van der Waals surface area (Å²) in [6.45, 7) is 0. The predicted octanol–water partition coefficient (Wildman–Crippen LogP) is 0.597. The van der Waals surface area contributed by atoms with E-state index in [0.29, 0.717) is 17.5 Å². The average Bonchev–Trinajstić information content (AvgIpc) is 2.89. The Morgan fingerprint density at radius 3 is 3.00 bits per heavy atom. The van der Waals surface area contributed by atoms with Crippen molar-refractivity contribution in [1.29, 1.82) is 0 Å². The van der Waals surface area contributed by atoms with Crippen LogP contribution in [0, 0.1) is 0 Å². The second-order valence-corrected chi connectivity index (χ2v) is 4.38. The van der Waals surface area contributed by atoms with Crippen molar-refractivity contribution in [2.24, 2.45) is 7.05 Å². The third-order valence-corrected chi connectivity index (χ3v) is 3.19. The fourth-order valence-electron chi connectivity index (χ4n) is 2.26. The Bertz CT molecular complexity index is 653. The molecule has 2 aromatic heterocycles. The van der Waals surface area contributed by atoms with Crippen molar-refractivity contribution in [3.05, 3.63) is 41.1 Å². The van der Waals surface area contributed by atoms with Crippen molar-refractivity contribution in [3.8, 4) is 0 Å². The molecule has 88 valence electrons. The summed E-state index contributed by atoms with van der Waals surface area (Å²) < 4.78 is 3.40. The van der Waals surface area contributed by atoms with Crippen LogP contribution in [0.15, 0.2) is 35.5 Å². The van der Waals surface area contributed by atoms with E-state index in [-0.39, 0.29) is 11.6 Å². The average molecular weight is 231 g/mol. The molecular weight excluding hydrogens is 218 g/mol. The minimum absolute atomic E-state index is 0.0451. The van der Waals surface area contributed by atoms with Crippen molar-refractivity contribution in [2.75, 3.05) is 0 Å². The maximum absolute atomic E-state index is 11.9. The van der Waals surface area contributed by atoms with Crippen LogP contribution >= 0.6 is 0 Å². The third-order valence-electron chi connectivity index (χ3n) is 3.19.